The van der Waals surface area contributed by atoms with Crippen molar-refractivity contribution >= 4 is 49.2 Å². The van der Waals surface area contributed by atoms with Crippen LogP contribution in [0.15, 0.2) is 182 Å². The second-order valence-corrected chi connectivity index (χ2v) is 13.0. The third kappa shape index (κ3) is 4.96. The third-order valence-electron chi connectivity index (χ3n) is 10.0. The van der Waals surface area contributed by atoms with Crippen LogP contribution in [-0.2, 0) is 0 Å². The van der Waals surface area contributed by atoms with Gasteiger partial charge in [0, 0.05) is 32.9 Å². The lowest BCUT2D eigenvalue weighted by atomic mass is 10.0. The summed E-state index contributed by atoms with van der Waals surface area (Å²) in [5, 5.41) is 5.03. The summed E-state index contributed by atoms with van der Waals surface area (Å²) in [6.07, 6.45) is 6.32. The monoisotopic (exact) mass is 640 g/mol. The summed E-state index contributed by atoms with van der Waals surface area (Å²) in [5.41, 5.74) is 14.5. The van der Waals surface area contributed by atoms with Gasteiger partial charge in [-0.15, -0.1) is 0 Å². The van der Waals surface area contributed by atoms with Crippen LogP contribution in [0.3, 0.4) is 0 Å². The van der Waals surface area contributed by atoms with Gasteiger partial charge in [-0.05, 0) is 108 Å². The number of para-hydroxylation sites is 2. The highest BCUT2D eigenvalue weighted by Gasteiger charge is 2.16. The Bertz CT molecular complexity index is 2740. The summed E-state index contributed by atoms with van der Waals surface area (Å²) < 4.78 is 4.78. The fourth-order valence-corrected chi connectivity index (χ4v) is 7.51. The molecule has 0 radical (unpaired) electrons. The van der Waals surface area contributed by atoms with Gasteiger partial charge in [-0.2, -0.15) is 0 Å². The molecule has 2 nitrogen and oxygen atoms in total. The average Bonchev–Trinajstić information content (AvgIpc) is 3.69. The molecule has 238 valence electrons. The van der Waals surface area contributed by atoms with Crippen LogP contribution in [0.2, 0.25) is 0 Å². The fourth-order valence-electron chi connectivity index (χ4n) is 7.51. The zero-order chi connectivity index (χ0) is 33.6. The van der Waals surface area contributed by atoms with E-state index in [0.717, 1.165) is 11.4 Å². The topological polar surface area (TPSA) is 9.86 Å². The fraction of sp³-hybridized carbons (Fsp3) is 0.0417. The normalized spacial score (nSPS) is 12.2. The Kier molecular flexibility index (Phi) is 7.29. The van der Waals surface area contributed by atoms with Crippen molar-refractivity contribution in [2.75, 3.05) is 0 Å². The largest absolute Gasteiger partial charge is 0.309 e. The van der Waals surface area contributed by atoms with E-state index in [4.69, 9.17) is 0 Å². The van der Waals surface area contributed by atoms with Crippen molar-refractivity contribution in [3.63, 3.8) is 0 Å². The molecule has 50 heavy (non-hydrogen) atoms. The predicted octanol–water partition coefficient (Wildman–Crippen LogP) is 13.2. The van der Waals surface area contributed by atoms with E-state index >= 15 is 0 Å². The van der Waals surface area contributed by atoms with Gasteiger partial charge in [-0.3, -0.25) is 0 Å². The first-order chi connectivity index (χ1) is 24.7. The van der Waals surface area contributed by atoms with E-state index in [0.29, 0.717) is 0 Å². The molecule has 2 heterocycles. The molecule has 0 aliphatic carbocycles. The minimum Gasteiger partial charge on any atom is -0.309 e. The molecule has 0 fully saturated rings. The van der Waals surface area contributed by atoms with Gasteiger partial charge in [-0.1, -0.05) is 121 Å². The molecule has 0 aliphatic rings. The maximum Gasteiger partial charge on any atom is 0.0541 e. The van der Waals surface area contributed by atoms with Crippen LogP contribution in [-0.4, -0.2) is 9.13 Å². The molecular weight excluding hydrogens is 605 g/mol. The van der Waals surface area contributed by atoms with Crippen molar-refractivity contribution in [2.45, 2.75) is 13.8 Å². The number of hydrogen-bond donors (Lipinski definition) is 0. The highest BCUT2D eigenvalue weighted by atomic mass is 15.0. The number of fused-ring (bicyclic) bond motifs is 6. The number of benzene rings is 7. The Morgan fingerprint density at radius 2 is 0.860 bits per heavy atom. The first-order valence-corrected chi connectivity index (χ1v) is 17.3. The minimum absolute atomic E-state index is 1.16. The molecule has 0 bridgehead atoms. The van der Waals surface area contributed by atoms with Gasteiger partial charge in [-0.25, -0.2) is 0 Å². The lowest BCUT2D eigenvalue weighted by Crippen LogP contribution is -1.94. The molecule has 0 spiro atoms. The molecule has 0 N–H and O–H groups in total. The van der Waals surface area contributed by atoms with E-state index in [2.05, 4.69) is 198 Å². The Hall–Kier alpha value is -6.38. The summed E-state index contributed by atoms with van der Waals surface area (Å²) in [6, 6.07) is 59.8. The summed E-state index contributed by atoms with van der Waals surface area (Å²) in [7, 11) is 0. The van der Waals surface area contributed by atoms with Gasteiger partial charge in [0.1, 0.15) is 0 Å². The van der Waals surface area contributed by atoms with E-state index in [-0.39, 0.29) is 0 Å². The number of hydrogen-bond acceptors (Lipinski definition) is 0. The number of rotatable bonds is 6. The molecule has 0 saturated carbocycles. The number of nitrogens with zero attached hydrogens (tertiary/aromatic N) is 2. The Morgan fingerprint density at radius 1 is 0.420 bits per heavy atom. The van der Waals surface area contributed by atoms with Gasteiger partial charge < -0.3 is 9.13 Å². The highest BCUT2D eigenvalue weighted by Crippen LogP contribution is 2.38. The Morgan fingerprint density at radius 3 is 1.40 bits per heavy atom. The van der Waals surface area contributed by atoms with Crippen LogP contribution in [0.25, 0.3) is 82.8 Å². The maximum atomic E-state index is 2.39. The van der Waals surface area contributed by atoms with Gasteiger partial charge in [0.15, 0.2) is 0 Å². The lowest BCUT2D eigenvalue weighted by molar-refractivity contribution is 1.18. The first-order valence-electron chi connectivity index (χ1n) is 17.3. The molecular formula is C48H36N2. The van der Waals surface area contributed by atoms with Gasteiger partial charge in [0.05, 0.1) is 22.1 Å². The average molecular weight is 641 g/mol. The molecule has 0 amide bonds. The van der Waals surface area contributed by atoms with Crippen molar-refractivity contribution in [2.24, 2.45) is 0 Å². The van der Waals surface area contributed by atoms with E-state index in [1.54, 1.807) is 0 Å². The van der Waals surface area contributed by atoms with Crippen LogP contribution >= 0.6 is 0 Å². The van der Waals surface area contributed by atoms with E-state index in [1.807, 2.05) is 6.92 Å². The van der Waals surface area contributed by atoms with Crippen LogP contribution in [0.4, 0.5) is 0 Å². The second-order valence-electron chi connectivity index (χ2n) is 13.0. The molecule has 2 aromatic heterocycles. The molecule has 7 aromatic carbocycles. The minimum atomic E-state index is 1.16. The van der Waals surface area contributed by atoms with Crippen LogP contribution < -0.4 is 0 Å². The smallest absolute Gasteiger partial charge is 0.0541 e. The van der Waals surface area contributed by atoms with Crippen LogP contribution in [0.1, 0.15) is 19.4 Å². The molecule has 0 atom stereocenters. The van der Waals surface area contributed by atoms with E-state index in [1.165, 1.54) is 77.0 Å². The van der Waals surface area contributed by atoms with Crippen molar-refractivity contribution < 1.29 is 0 Å². The quantitative estimate of drug-likeness (QED) is 0.160. The van der Waals surface area contributed by atoms with E-state index < -0.39 is 0 Å². The molecule has 0 aliphatic heterocycles. The third-order valence-corrected chi connectivity index (χ3v) is 10.0. The van der Waals surface area contributed by atoms with Crippen LogP contribution in [0, 0.1) is 0 Å². The maximum absolute atomic E-state index is 2.39. The van der Waals surface area contributed by atoms with Gasteiger partial charge >= 0.3 is 0 Å². The van der Waals surface area contributed by atoms with Gasteiger partial charge in [0.2, 0.25) is 0 Å². The van der Waals surface area contributed by atoms with Crippen LogP contribution in [0.5, 0.6) is 0 Å². The Balaban J connectivity index is 1.15. The molecule has 9 rings (SSSR count). The SMILES string of the molecule is C/C=C\C=C(/C)c1ccc(-n2c3ccccc3c3cc(-c4ccc5c(c4)c4ccccc4n5-c4ccc(-c5ccccc5)cc4)ccc32)cc1. The number of allylic oxidation sites excluding steroid dienone is 4. The lowest BCUT2D eigenvalue weighted by Gasteiger charge is -2.11. The standard InChI is InChI=1S/C48H36N2/c1-3-4-12-33(2)34-19-25-39(26-20-34)49-45-17-10-8-15-41(45)43-31-37(23-29-47(43)49)38-24-30-48-44(32-38)42-16-9-11-18-46(42)50(48)40-27-21-36(22-28-40)35-13-6-5-7-14-35/h3-32H,1-2H3/b4-3-,33-12+. The Labute approximate surface area is 292 Å². The van der Waals surface area contributed by atoms with Crippen molar-refractivity contribution in [1.29, 1.82) is 0 Å². The van der Waals surface area contributed by atoms with Crippen molar-refractivity contribution in [3.8, 4) is 33.6 Å². The summed E-state index contributed by atoms with van der Waals surface area (Å²) in [5.74, 6) is 0. The number of aromatic nitrogens is 2. The molecule has 0 unspecified atom stereocenters. The van der Waals surface area contributed by atoms with E-state index in [9.17, 15) is 0 Å². The first kappa shape index (κ1) is 29.7. The molecule has 9 aromatic rings. The van der Waals surface area contributed by atoms with Gasteiger partial charge in [0.25, 0.3) is 0 Å². The zero-order valence-corrected chi connectivity index (χ0v) is 28.2. The molecule has 2 heteroatoms. The van der Waals surface area contributed by atoms with Crippen molar-refractivity contribution in [3.05, 3.63) is 188 Å². The summed E-state index contributed by atoms with van der Waals surface area (Å²) >= 11 is 0. The second kappa shape index (κ2) is 12.3. The summed E-state index contributed by atoms with van der Waals surface area (Å²) in [6.45, 7) is 4.21. The zero-order valence-electron chi connectivity index (χ0n) is 28.2. The summed E-state index contributed by atoms with van der Waals surface area (Å²) in [4.78, 5) is 0. The predicted molar refractivity (Wildman–Crippen MR) is 214 cm³/mol. The molecule has 0 saturated heterocycles. The van der Waals surface area contributed by atoms with Crippen molar-refractivity contribution in [1.82, 2.24) is 9.13 Å². The highest BCUT2D eigenvalue weighted by molar-refractivity contribution is 6.12.